The molecule has 4 heterocycles. The third-order valence-electron chi connectivity index (χ3n) is 17.1. The molecule has 67 heavy (non-hydrogen) atoms. The summed E-state index contributed by atoms with van der Waals surface area (Å²) >= 11 is 0. The molecule has 0 amide bonds. The van der Waals surface area contributed by atoms with Crippen molar-refractivity contribution in [3.05, 3.63) is 12.2 Å². The van der Waals surface area contributed by atoms with E-state index in [4.69, 9.17) is 37.9 Å². The van der Waals surface area contributed by atoms with E-state index in [1.165, 1.54) is 0 Å². The van der Waals surface area contributed by atoms with Gasteiger partial charge in [0.25, 0.3) is 0 Å². The third-order valence-corrected chi connectivity index (χ3v) is 17.1. The van der Waals surface area contributed by atoms with E-state index in [0.29, 0.717) is 56.9 Å². The van der Waals surface area contributed by atoms with Crippen LogP contribution in [-0.2, 0) is 42.7 Å². The molecule has 4 saturated heterocycles. The smallest absolute Gasteiger partial charge is 0.314 e. The monoisotopic (exact) mass is 966 g/mol. The Morgan fingerprint density at radius 1 is 0.567 bits per heavy atom. The summed E-state index contributed by atoms with van der Waals surface area (Å²) in [5.74, 6) is -0.805. The summed E-state index contributed by atoms with van der Waals surface area (Å²) in [4.78, 5) is 14.3. The number of ether oxygens (including phenoxy) is 8. The van der Waals surface area contributed by atoms with E-state index in [0.717, 1.165) is 6.42 Å². The molecule has 23 nitrogen and oxygen atoms in total. The van der Waals surface area contributed by atoms with Crippen LogP contribution in [0.3, 0.4) is 0 Å². The zero-order valence-electron chi connectivity index (χ0n) is 37.5. The van der Waals surface area contributed by atoms with Crippen LogP contribution in [0.15, 0.2) is 12.2 Å². The Morgan fingerprint density at radius 3 is 1.57 bits per heavy atom. The van der Waals surface area contributed by atoms with Gasteiger partial charge in [-0.15, -0.1) is 0 Å². The minimum atomic E-state index is -1.95. The number of hydrogen-bond acceptors (Lipinski definition) is 23. The van der Waals surface area contributed by atoms with Crippen LogP contribution in [0.2, 0.25) is 0 Å². The Balaban J connectivity index is 1.06. The van der Waals surface area contributed by atoms with Gasteiger partial charge >= 0.3 is 5.97 Å². The number of carbonyl (C=O) groups is 1. The third kappa shape index (κ3) is 8.63. The fourth-order valence-corrected chi connectivity index (χ4v) is 13.5. The lowest BCUT2D eigenvalue weighted by molar-refractivity contribution is -0.400. The molecule has 8 aliphatic rings. The first-order valence-corrected chi connectivity index (χ1v) is 23.4. The van der Waals surface area contributed by atoms with Gasteiger partial charge in [0.2, 0.25) is 6.29 Å². The minimum absolute atomic E-state index is 0.0251. The van der Waals surface area contributed by atoms with Crippen LogP contribution in [0.4, 0.5) is 0 Å². The van der Waals surface area contributed by atoms with Gasteiger partial charge < -0.3 is 109 Å². The predicted molar refractivity (Wildman–Crippen MR) is 219 cm³/mol. The molecule has 8 rings (SSSR count). The average molecular weight is 967 g/mol. The van der Waals surface area contributed by atoms with E-state index < -0.39 is 177 Å². The van der Waals surface area contributed by atoms with Crippen LogP contribution < -0.4 is 0 Å². The summed E-state index contributed by atoms with van der Waals surface area (Å²) in [5, 5.41) is 148. The molecule has 23 heteroatoms. The molecule has 0 unspecified atom stereocenters. The Morgan fingerprint density at radius 2 is 1.03 bits per heavy atom. The van der Waals surface area contributed by atoms with E-state index >= 15 is 0 Å². The summed E-state index contributed by atoms with van der Waals surface area (Å²) in [6, 6.07) is 0. The second-order valence-corrected chi connectivity index (χ2v) is 20.8. The first-order chi connectivity index (χ1) is 31.6. The van der Waals surface area contributed by atoms with E-state index in [1.807, 2.05) is 6.92 Å². The highest BCUT2D eigenvalue weighted by atomic mass is 16.8. The molecule has 4 aliphatic carbocycles. The fraction of sp³-hybridized carbons (Fsp3) is 0.932. The van der Waals surface area contributed by atoms with Crippen molar-refractivity contribution in [3.63, 3.8) is 0 Å². The topological polar surface area (TPSA) is 374 Å². The standard InChI is InChI=1S/C44H70O23/c1-17-11-43-9-5-22-41(2,7-4-8-42(22,3)40(59)66-38-33(58)30(55)26(51)20(14-47)62-38)23(43)6-10-44(17,16-43)67-39-35(65-37-32(57)29(54)25(50)19(13-46)61-37)34(27(52)21(15-48)63-39)64-36-31(56)28(53)24(49)18(12-45)60-36/h18-39,45-58H,1,4-16H2,2-3H3/t18-,19-,20-,21-,22+,23+,24-,25-,26-,27-,28+,29+,30+,31-,32-,33+,34+,35-,36+,37+,38+,39+,41-,42-,43-,44+/m1/s1. The number of aliphatic hydroxyl groups excluding tert-OH is 14. The molecule has 0 aromatic heterocycles. The highest BCUT2D eigenvalue weighted by molar-refractivity contribution is 5.77. The second-order valence-electron chi connectivity index (χ2n) is 20.8. The molecule has 0 radical (unpaired) electrons. The number of carbonyl (C=O) groups excluding carboxylic acids is 1. The molecule has 4 saturated carbocycles. The molecule has 1 spiro atoms. The summed E-state index contributed by atoms with van der Waals surface area (Å²) in [6.45, 7) is 5.41. The van der Waals surface area contributed by atoms with E-state index in [-0.39, 0.29) is 11.8 Å². The molecule has 384 valence electrons. The largest absolute Gasteiger partial charge is 0.432 e. The lowest BCUT2D eigenvalue weighted by Gasteiger charge is -2.64. The van der Waals surface area contributed by atoms with Crippen LogP contribution in [0.1, 0.15) is 71.6 Å². The van der Waals surface area contributed by atoms with Crippen LogP contribution >= 0.6 is 0 Å². The molecule has 8 fully saturated rings. The normalized spacial score (nSPS) is 54.5. The van der Waals surface area contributed by atoms with Crippen LogP contribution in [0, 0.1) is 28.1 Å². The summed E-state index contributed by atoms with van der Waals surface area (Å²) in [6.07, 6.45) is -29.1. The van der Waals surface area contributed by atoms with Gasteiger partial charge in [0.05, 0.1) is 37.4 Å². The summed E-state index contributed by atoms with van der Waals surface area (Å²) in [7, 11) is 0. The SMILES string of the molecule is C=C1C[C@@]23CC[C@H]4[C@@](C)(CCC[C@@]4(C)C(=O)O[C@@H]4O[C@H](CO)[C@@H](O)[C@H](O)[C@@H]4O)[C@@H]2CC[C@]1(O[C@@H]1O[C@H](CO)[C@@H](O)[C@H](O[C@@H]2O[C@H](CO)[C@@H](O)[C@H](O)[C@H]2O)[C@H]1O[C@@H]1O[C@H](CO)[C@@H](O)[C@H](O)[C@H]1O)C3. The average Bonchev–Trinajstić information content (AvgIpc) is 3.50. The zero-order chi connectivity index (χ0) is 48.7. The van der Waals surface area contributed by atoms with Crippen molar-refractivity contribution in [2.45, 2.75) is 200 Å². The lowest BCUT2D eigenvalue weighted by atomic mass is 9.41. The van der Waals surface area contributed by atoms with Gasteiger partial charge in [-0.2, -0.15) is 0 Å². The number of hydrogen-bond donors (Lipinski definition) is 14. The van der Waals surface area contributed by atoms with Crippen LogP contribution in [0.5, 0.6) is 0 Å². The molecule has 2 bridgehead atoms. The highest BCUT2D eigenvalue weighted by Crippen LogP contribution is 2.74. The molecular formula is C44H70O23. The molecule has 14 N–H and O–H groups in total. The quantitative estimate of drug-likeness (QED) is 0.0494. The predicted octanol–water partition coefficient (Wildman–Crippen LogP) is -5.11. The van der Waals surface area contributed by atoms with Gasteiger partial charge in [0.1, 0.15) is 97.7 Å². The number of rotatable bonds is 12. The van der Waals surface area contributed by atoms with Gasteiger partial charge in [-0.25, -0.2) is 0 Å². The maximum atomic E-state index is 14.3. The van der Waals surface area contributed by atoms with E-state index in [1.54, 1.807) is 0 Å². The van der Waals surface area contributed by atoms with Gasteiger partial charge in [-0.05, 0) is 86.5 Å². The van der Waals surface area contributed by atoms with Gasteiger partial charge in [-0.1, -0.05) is 19.9 Å². The highest BCUT2D eigenvalue weighted by Gasteiger charge is 2.70. The van der Waals surface area contributed by atoms with Gasteiger partial charge in [-0.3, -0.25) is 4.79 Å². The van der Waals surface area contributed by atoms with Crippen molar-refractivity contribution < 1.29 is 114 Å². The Kier molecular flexibility index (Phi) is 15.0. The van der Waals surface area contributed by atoms with E-state index in [9.17, 15) is 76.3 Å². The Bertz CT molecular complexity index is 1760. The number of aliphatic hydroxyl groups is 14. The van der Waals surface area contributed by atoms with Crippen LogP contribution in [-0.4, -0.2) is 232 Å². The Labute approximate surface area is 386 Å². The summed E-state index contributed by atoms with van der Waals surface area (Å²) < 4.78 is 48.2. The van der Waals surface area contributed by atoms with Crippen molar-refractivity contribution in [2.24, 2.45) is 28.1 Å². The molecule has 0 aromatic rings. The minimum Gasteiger partial charge on any atom is -0.432 e. The number of esters is 1. The Hall–Kier alpha value is -1.63. The molecule has 26 atom stereocenters. The van der Waals surface area contributed by atoms with Crippen molar-refractivity contribution in [1.29, 1.82) is 0 Å². The fourth-order valence-electron chi connectivity index (χ4n) is 13.5. The zero-order valence-corrected chi connectivity index (χ0v) is 37.5. The van der Waals surface area contributed by atoms with Gasteiger partial charge in [0, 0.05) is 0 Å². The van der Waals surface area contributed by atoms with E-state index in [2.05, 4.69) is 13.5 Å². The number of fused-ring (bicyclic) bond motifs is 3. The van der Waals surface area contributed by atoms with Gasteiger partial charge in [0.15, 0.2) is 18.9 Å². The maximum Gasteiger partial charge on any atom is 0.314 e. The van der Waals surface area contributed by atoms with Crippen molar-refractivity contribution >= 4 is 5.97 Å². The maximum absolute atomic E-state index is 14.3. The first-order valence-electron chi connectivity index (χ1n) is 23.4. The van der Waals surface area contributed by atoms with Crippen molar-refractivity contribution in [3.8, 4) is 0 Å². The van der Waals surface area contributed by atoms with Crippen molar-refractivity contribution in [2.75, 3.05) is 26.4 Å². The lowest BCUT2D eigenvalue weighted by Crippen LogP contribution is -2.68. The molecule has 0 aromatic carbocycles. The first kappa shape index (κ1) is 51.7. The molecule has 4 aliphatic heterocycles. The summed E-state index contributed by atoms with van der Waals surface area (Å²) in [5.41, 5.74) is -2.33. The second kappa shape index (κ2) is 19.4. The molecular weight excluding hydrogens is 896 g/mol. The van der Waals surface area contributed by atoms with Crippen LogP contribution in [0.25, 0.3) is 0 Å². The van der Waals surface area contributed by atoms with Crippen molar-refractivity contribution in [1.82, 2.24) is 0 Å².